The van der Waals surface area contributed by atoms with Gasteiger partial charge in [-0.1, -0.05) is 31.2 Å². The molecule has 0 aromatic heterocycles. The summed E-state index contributed by atoms with van der Waals surface area (Å²) < 4.78 is 5.03. The molecule has 1 rings (SSSR count). The zero-order valence-electron chi connectivity index (χ0n) is 10.2. The third kappa shape index (κ3) is 3.59. The first-order valence-electron chi connectivity index (χ1n) is 5.83. The van der Waals surface area contributed by atoms with Crippen molar-refractivity contribution in [2.45, 2.75) is 19.4 Å². The lowest BCUT2D eigenvalue weighted by atomic mass is 9.98. The largest absolute Gasteiger partial charge is 0.383 e. The van der Waals surface area contributed by atoms with Crippen LogP contribution in [0.15, 0.2) is 24.3 Å². The second kappa shape index (κ2) is 7.39. The number of nitrogens with two attached hydrogens (primary N) is 1. The van der Waals surface area contributed by atoms with E-state index < -0.39 is 0 Å². The van der Waals surface area contributed by atoms with E-state index in [4.69, 9.17) is 10.5 Å². The Hall–Kier alpha value is -0.900. The standard InChI is InChI=1S/C13H22N2O/c1-3-11-6-4-5-7-12(11)13(10-14)15-8-9-16-2/h4-7,13,15H,3,8-10,14H2,1-2H3. The van der Waals surface area contributed by atoms with Gasteiger partial charge in [0.2, 0.25) is 0 Å². The summed E-state index contributed by atoms with van der Waals surface area (Å²) in [5.74, 6) is 0. The van der Waals surface area contributed by atoms with Crippen LogP contribution in [0, 0.1) is 0 Å². The number of hydrogen-bond donors (Lipinski definition) is 2. The fraction of sp³-hybridized carbons (Fsp3) is 0.538. The van der Waals surface area contributed by atoms with Crippen molar-refractivity contribution in [1.29, 1.82) is 0 Å². The Morgan fingerprint density at radius 2 is 2.12 bits per heavy atom. The summed E-state index contributed by atoms with van der Waals surface area (Å²) in [5.41, 5.74) is 8.48. The second-order valence-corrected chi connectivity index (χ2v) is 3.79. The van der Waals surface area contributed by atoms with E-state index in [1.54, 1.807) is 7.11 Å². The van der Waals surface area contributed by atoms with Crippen LogP contribution < -0.4 is 11.1 Å². The molecular formula is C13H22N2O. The van der Waals surface area contributed by atoms with E-state index in [1.165, 1.54) is 11.1 Å². The van der Waals surface area contributed by atoms with Crippen LogP contribution in [0.3, 0.4) is 0 Å². The summed E-state index contributed by atoms with van der Waals surface area (Å²) in [5, 5.41) is 3.41. The van der Waals surface area contributed by atoms with Gasteiger partial charge in [0.15, 0.2) is 0 Å². The highest BCUT2D eigenvalue weighted by atomic mass is 16.5. The normalized spacial score (nSPS) is 12.7. The molecule has 0 spiro atoms. The number of hydrogen-bond acceptors (Lipinski definition) is 3. The van der Waals surface area contributed by atoms with Gasteiger partial charge in [0, 0.05) is 26.2 Å². The number of rotatable bonds is 7. The molecule has 3 N–H and O–H groups in total. The van der Waals surface area contributed by atoms with Gasteiger partial charge in [0.25, 0.3) is 0 Å². The predicted molar refractivity (Wildman–Crippen MR) is 67.5 cm³/mol. The van der Waals surface area contributed by atoms with Gasteiger partial charge < -0.3 is 15.8 Å². The Labute approximate surface area is 98.0 Å². The minimum absolute atomic E-state index is 0.228. The first-order chi connectivity index (χ1) is 7.83. The number of benzene rings is 1. The summed E-state index contributed by atoms with van der Waals surface area (Å²) in [6, 6.07) is 8.68. The second-order valence-electron chi connectivity index (χ2n) is 3.79. The van der Waals surface area contributed by atoms with Crippen LogP contribution in [-0.2, 0) is 11.2 Å². The first kappa shape index (κ1) is 13.2. The highest BCUT2D eigenvalue weighted by Gasteiger charge is 2.11. The minimum Gasteiger partial charge on any atom is -0.383 e. The molecule has 0 amide bonds. The van der Waals surface area contributed by atoms with E-state index in [1.807, 2.05) is 0 Å². The fourth-order valence-electron chi connectivity index (χ4n) is 1.85. The lowest BCUT2D eigenvalue weighted by molar-refractivity contribution is 0.196. The Kier molecular flexibility index (Phi) is 6.08. The highest BCUT2D eigenvalue weighted by molar-refractivity contribution is 5.30. The molecular weight excluding hydrogens is 200 g/mol. The Bertz CT molecular complexity index is 302. The number of aryl methyl sites for hydroxylation is 1. The maximum Gasteiger partial charge on any atom is 0.0587 e. The van der Waals surface area contributed by atoms with Crippen LogP contribution >= 0.6 is 0 Å². The molecule has 3 heteroatoms. The molecule has 0 aliphatic heterocycles. The van der Waals surface area contributed by atoms with Crippen molar-refractivity contribution in [3.8, 4) is 0 Å². The summed E-state index contributed by atoms with van der Waals surface area (Å²) in [6.45, 7) is 4.32. The van der Waals surface area contributed by atoms with Crippen LogP contribution in [0.1, 0.15) is 24.1 Å². The Morgan fingerprint density at radius 3 is 2.75 bits per heavy atom. The maximum absolute atomic E-state index is 5.81. The van der Waals surface area contributed by atoms with Gasteiger partial charge in [-0.2, -0.15) is 0 Å². The topological polar surface area (TPSA) is 47.3 Å². The monoisotopic (exact) mass is 222 g/mol. The minimum atomic E-state index is 0.228. The van der Waals surface area contributed by atoms with E-state index in [0.29, 0.717) is 13.2 Å². The van der Waals surface area contributed by atoms with Crippen molar-refractivity contribution in [3.05, 3.63) is 35.4 Å². The summed E-state index contributed by atoms with van der Waals surface area (Å²) in [4.78, 5) is 0. The van der Waals surface area contributed by atoms with Crippen LogP contribution in [0.2, 0.25) is 0 Å². The molecule has 0 aliphatic rings. The van der Waals surface area contributed by atoms with Gasteiger partial charge in [0.1, 0.15) is 0 Å². The number of ether oxygens (including phenoxy) is 1. The molecule has 0 heterocycles. The molecule has 16 heavy (non-hydrogen) atoms. The van der Waals surface area contributed by atoms with E-state index in [-0.39, 0.29) is 6.04 Å². The van der Waals surface area contributed by atoms with Crippen molar-refractivity contribution >= 4 is 0 Å². The lowest BCUT2D eigenvalue weighted by Gasteiger charge is -2.20. The van der Waals surface area contributed by atoms with Gasteiger partial charge in [-0.3, -0.25) is 0 Å². The van der Waals surface area contributed by atoms with Gasteiger partial charge in [-0.05, 0) is 17.5 Å². The van der Waals surface area contributed by atoms with Crippen molar-refractivity contribution in [3.63, 3.8) is 0 Å². The third-order valence-electron chi connectivity index (χ3n) is 2.74. The molecule has 3 nitrogen and oxygen atoms in total. The van der Waals surface area contributed by atoms with Crippen molar-refractivity contribution in [1.82, 2.24) is 5.32 Å². The molecule has 90 valence electrons. The van der Waals surface area contributed by atoms with E-state index in [0.717, 1.165) is 13.0 Å². The van der Waals surface area contributed by atoms with Gasteiger partial charge in [0.05, 0.1) is 6.61 Å². The average Bonchev–Trinajstić information content (AvgIpc) is 2.35. The highest BCUT2D eigenvalue weighted by Crippen LogP contribution is 2.17. The lowest BCUT2D eigenvalue weighted by Crippen LogP contribution is -2.31. The van der Waals surface area contributed by atoms with Crippen molar-refractivity contribution in [2.24, 2.45) is 5.73 Å². The maximum atomic E-state index is 5.81. The van der Waals surface area contributed by atoms with E-state index >= 15 is 0 Å². The Balaban J connectivity index is 2.69. The van der Waals surface area contributed by atoms with Crippen molar-refractivity contribution in [2.75, 3.05) is 26.8 Å². The SMILES string of the molecule is CCc1ccccc1C(CN)NCCOC. The molecule has 0 fully saturated rings. The van der Waals surface area contributed by atoms with Crippen LogP contribution in [0.4, 0.5) is 0 Å². The summed E-state index contributed by atoms with van der Waals surface area (Å²) >= 11 is 0. The first-order valence-corrected chi connectivity index (χ1v) is 5.83. The Morgan fingerprint density at radius 1 is 1.38 bits per heavy atom. The zero-order chi connectivity index (χ0) is 11.8. The number of nitrogens with one attached hydrogen (secondary N) is 1. The predicted octanol–water partition coefficient (Wildman–Crippen LogP) is 1.48. The molecule has 0 saturated heterocycles. The zero-order valence-corrected chi connectivity index (χ0v) is 10.2. The third-order valence-corrected chi connectivity index (χ3v) is 2.74. The summed E-state index contributed by atoms with van der Waals surface area (Å²) in [7, 11) is 1.71. The molecule has 0 saturated carbocycles. The van der Waals surface area contributed by atoms with Gasteiger partial charge in [-0.25, -0.2) is 0 Å². The molecule has 0 bridgehead atoms. The number of methoxy groups -OCH3 is 1. The molecule has 0 aliphatic carbocycles. The van der Waals surface area contributed by atoms with Crippen molar-refractivity contribution < 1.29 is 4.74 Å². The summed E-state index contributed by atoms with van der Waals surface area (Å²) in [6.07, 6.45) is 1.04. The molecule has 1 atom stereocenters. The average molecular weight is 222 g/mol. The molecule has 1 aromatic carbocycles. The van der Waals surface area contributed by atoms with Crippen LogP contribution in [0.5, 0.6) is 0 Å². The molecule has 0 radical (unpaired) electrons. The van der Waals surface area contributed by atoms with Gasteiger partial charge in [-0.15, -0.1) is 0 Å². The van der Waals surface area contributed by atoms with Gasteiger partial charge >= 0.3 is 0 Å². The van der Waals surface area contributed by atoms with Crippen LogP contribution in [-0.4, -0.2) is 26.8 Å². The van der Waals surface area contributed by atoms with E-state index in [2.05, 4.69) is 36.5 Å². The fourth-order valence-corrected chi connectivity index (χ4v) is 1.85. The smallest absolute Gasteiger partial charge is 0.0587 e. The van der Waals surface area contributed by atoms with E-state index in [9.17, 15) is 0 Å². The van der Waals surface area contributed by atoms with Crippen LogP contribution in [0.25, 0.3) is 0 Å². The molecule has 1 aromatic rings. The quantitative estimate of drug-likeness (QED) is 0.687. The molecule has 1 unspecified atom stereocenters.